The highest BCUT2D eigenvalue weighted by molar-refractivity contribution is 7.18. The van der Waals surface area contributed by atoms with Crippen LogP contribution in [-0.2, 0) is 20.7 Å². The molecule has 0 aliphatic carbocycles. The summed E-state index contributed by atoms with van der Waals surface area (Å²) in [6, 6.07) is 4.80. The predicted octanol–water partition coefficient (Wildman–Crippen LogP) is 3.08. The molecule has 11 heteroatoms. The molecule has 24 heavy (non-hydrogen) atoms. The lowest BCUT2D eigenvalue weighted by molar-refractivity contribution is -0.380. The van der Waals surface area contributed by atoms with E-state index in [1.54, 1.807) is 18.2 Å². The molecular formula is C13H9Cl2N3O5S. The third-order valence-corrected chi connectivity index (χ3v) is 4.24. The Balaban J connectivity index is 1.84. The standard InChI is InChI=1S/C13H9Cl2N3O5S/c14-8-2-1-3-9(15)7(8)4-12(20)23-6-10(19)17-13-16-5-11(24-13)18(21)22/h1-3,5H,4,6H2,(H,16,17,19). The van der Waals surface area contributed by atoms with Crippen LogP contribution in [0, 0.1) is 10.1 Å². The van der Waals surface area contributed by atoms with Crippen LogP contribution in [0.4, 0.5) is 10.1 Å². The molecule has 2 aromatic rings. The average Bonchev–Trinajstić information content (AvgIpc) is 2.98. The lowest BCUT2D eigenvalue weighted by atomic mass is 10.1. The van der Waals surface area contributed by atoms with Gasteiger partial charge in [-0.25, -0.2) is 4.98 Å². The highest BCUT2D eigenvalue weighted by atomic mass is 35.5. The topological polar surface area (TPSA) is 111 Å². The van der Waals surface area contributed by atoms with E-state index in [0.29, 0.717) is 26.9 Å². The summed E-state index contributed by atoms with van der Waals surface area (Å²) in [4.78, 5) is 36.9. The zero-order valence-corrected chi connectivity index (χ0v) is 14.2. The Morgan fingerprint density at radius 3 is 2.58 bits per heavy atom. The number of nitrogens with zero attached hydrogens (tertiary/aromatic N) is 2. The molecule has 0 aliphatic heterocycles. The molecule has 0 unspecified atom stereocenters. The van der Waals surface area contributed by atoms with Crippen LogP contribution in [0.5, 0.6) is 0 Å². The fourth-order valence-corrected chi connectivity index (χ4v) is 2.79. The largest absolute Gasteiger partial charge is 0.455 e. The molecule has 0 fully saturated rings. The Hall–Kier alpha value is -2.23. The Labute approximate surface area is 149 Å². The predicted molar refractivity (Wildman–Crippen MR) is 88.5 cm³/mol. The number of nitrogens with one attached hydrogen (secondary N) is 1. The van der Waals surface area contributed by atoms with Gasteiger partial charge in [-0.05, 0) is 23.5 Å². The molecule has 0 bridgehead atoms. The van der Waals surface area contributed by atoms with Crippen molar-refractivity contribution in [1.29, 1.82) is 0 Å². The molecule has 0 radical (unpaired) electrons. The highest BCUT2D eigenvalue weighted by Gasteiger charge is 2.16. The first-order chi connectivity index (χ1) is 11.4. The number of hydrogen-bond acceptors (Lipinski definition) is 7. The van der Waals surface area contributed by atoms with E-state index in [0.717, 1.165) is 6.20 Å². The van der Waals surface area contributed by atoms with Crippen molar-refractivity contribution in [3.05, 3.63) is 50.1 Å². The van der Waals surface area contributed by atoms with E-state index in [9.17, 15) is 19.7 Å². The second-order valence-electron chi connectivity index (χ2n) is 4.35. The van der Waals surface area contributed by atoms with Gasteiger partial charge in [-0.15, -0.1) is 0 Å². The van der Waals surface area contributed by atoms with Crippen LogP contribution in [0.15, 0.2) is 24.4 Å². The number of esters is 1. The zero-order valence-electron chi connectivity index (χ0n) is 11.8. The van der Waals surface area contributed by atoms with Crippen LogP contribution in [0.2, 0.25) is 10.0 Å². The molecule has 0 atom stereocenters. The number of anilines is 1. The van der Waals surface area contributed by atoms with E-state index in [1.807, 2.05) is 0 Å². The zero-order chi connectivity index (χ0) is 17.7. The Morgan fingerprint density at radius 1 is 1.33 bits per heavy atom. The lowest BCUT2D eigenvalue weighted by Crippen LogP contribution is -2.21. The van der Waals surface area contributed by atoms with Gasteiger partial charge < -0.3 is 4.74 Å². The van der Waals surface area contributed by atoms with Crippen LogP contribution in [0.25, 0.3) is 0 Å². The van der Waals surface area contributed by atoms with Crippen LogP contribution in [0.3, 0.4) is 0 Å². The quantitative estimate of drug-likeness (QED) is 0.461. The molecule has 0 aliphatic rings. The Morgan fingerprint density at radius 2 is 2.00 bits per heavy atom. The van der Waals surface area contributed by atoms with E-state index in [-0.39, 0.29) is 16.6 Å². The van der Waals surface area contributed by atoms with Crippen LogP contribution in [-0.4, -0.2) is 28.4 Å². The Kier molecular flexibility index (Phi) is 6.07. The normalized spacial score (nSPS) is 10.2. The van der Waals surface area contributed by atoms with Crippen molar-refractivity contribution in [2.24, 2.45) is 0 Å². The first-order valence-electron chi connectivity index (χ1n) is 6.35. The first-order valence-corrected chi connectivity index (χ1v) is 7.92. The number of halogens is 2. The second-order valence-corrected chi connectivity index (χ2v) is 6.17. The minimum Gasteiger partial charge on any atom is -0.455 e. The number of benzene rings is 1. The maximum Gasteiger partial charge on any atom is 0.345 e. The molecule has 2 rings (SSSR count). The summed E-state index contributed by atoms with van der Waals surface area (Å²) in [5.74, 6) is -1.36. The maximum atomic E-state index is 11.7. The van der Waals surface area contributed by atoms with Crippen molar-refractivity contribution in [3.63, 3.8) is 0 Å². The fourth-order valence-electron chi connectivity index (χ4n) is 1.61. The van der Waals surface area contributed by atoms with Gasteiger partial charge in [0.05, 0.1) is 11.3 Å². The van der Waals surface area contributed by atoms with Crippen molar-refractivity contribution >= 4 is 56.5 Å². The number of thiazole rings is 1. The molecule has 1 amide bonds. The number of ether oxygens (including phenoxy) is 1. The molecule has 0 spiro atoms. The fraction of sp³-hybridized carbons (Fsp3) is 0.154. The van der Waals surface area contributed by atoms with Gasteiger partial charge >= 0.3 is 11.0 Å². The summed E-state index contributed by atoms with van der Waals surface area (Å²) in [6.45, 7) is -0.561. The molecule has 1 heterocycles. The van der Waals surface area contributed by atoms with Gasteiger partial charge in [0.15, 0.2) is 11.7 Å². The van der Waals surface area contributed by atoms with Gasteiger partial charge in [0.2, 0.25) is 0 Å². The van der Waals surface area contributed by atoms with Crippen molar-refractivity contribution in [3.8, 4) is 0 Å². The monoisotopic (exact) mass is 389 g/mol. The summed E-state index contributed by atoms with van der Waals surface area (Å²) in [7, 11) is 0. The van der Waals surface area contributed by atoms with Crippen molar-refractivity contribution in [2.45, 2.75) is 6.42 Å². The number of rotatable bonds is 6. The average molecular weight is 390 g/mol. The summed E-state index contributed by atoms with van der Waals surface area (Å²) >= 11 is 12.6. The number of aromatic nitrogens is 1. The number of nitro groups is 1. The number of amides is 1. The summed E-state index contributed by atoms with van der Waals surface area (Å²) in [6.07, 6.45) is 0.834. The number of hydrogen-bond donors (Lipinski definition) is 1. The highest BCUT2D eigenvalue weighted by Crippen LogP contribution is 2.25. The van der Waals surface area contributed by atoms with E-state index in [2.05, 4.69) is 10.3 Å². The van der Waals surface area contributed by atoms with Crippen LogP contribution < -0.4 is 5.32 Å². The van der Waals surface area contributed by atoms with Crippen LogP contribution in [0.1, 0.15) is 5.56 Å². The minimum atomic E-state index is -0.690. The molecule has 8 nitrogen and oxygen atoms in total. The van der Waals surface area contributed by atoms with Crippen molar-refractivity contribution in [1.82, 2.24) is 4.98 Å². The molecule has 1 aromatic heterocycles. The van der Waals surface area contributed by atoms with Crippen molar-refractivity contribution in [2.75, 3.05) is 11.9 Å². The second kappa shape index (κ2) is 8.04. The summed E-state index contributed by atoms with van der Waals surface area (Å²) < 4.78 is 4.82. The van der Waals surface area contributed by atoms with Gasteiger partial charge in [-0.1, -0.05) is 29.3 Å². The lowest BCUT2D eigenvalue weighted by Gasteiger charge is -2.07. The van der Waals surface area contributed by atoms with Crippen molar-refractivity contribution < 1.29 is 19.2 Å². The van der Waals surface area contributed by atoms with E-state index in [1.165, 1.54) is 0 Å². The molecule has 126 valence electrons. The summed E-state index contributed by atoms with van der Waals surface area (Å²) in [5.41, 5.74) is 0.404. The van der Waals surface area contributed by atoms with E-state index in [4.69, 9.17) is 27.9 Å². The van der Waals surface area contributed by atoms with E-state index >= 15 is 0 Å². The third-order valence-electron chi connectivity index (χ3n) is 2.67. The van der Waals surface area contributed by atoms with Gasteiger partial charge in [0, 0.05) is 15.6 Å². The molecular weight excluding hydrogens is 381 g/mol. The van der Waals surface area contributed by atoms with Gasteiger partial charge in [-0.2, -0.15) is 0 Å². The first kappa shape index (κ1) is 18.1. The molecule has 1 N–H and O–H groups in total. The van der Waals surface area contributed by atoms with Gasteiger partial charge in [0.1, 0.15) is 6.20 Å². The number of carbonyl (C=O) groups is 2. The van der Waals surface area contributed by atoms with E-state index < -0.39 is 23.4 Å². The summed E-state index contributed by atoms with van der Waals surface area (Å²) in [5, 5.41) is 13.3. The maximum absolute atomic E-state index is 11.7. The molecule has 0 saturated carbocycles. The molecule has 0 saturated heterocycles. The Bertz CT molecular complexity index is 775. The van der Waals surface area contributed by atoms with Crippen LogP contribution >= 0.6 is 34.5 Å². The SMILES string of the molecule is O=C(COC(=O)Cc1c(Cl)cccc1Cl)Nc1ncc([N+](=O)[O-])s1. The van der Waals surface area contributed by atoms with Gasteiger partial charge in [-0.3, -0.25) is 25.0 Å². The third kappa shape index (κ3) is 4.88. The minimum absolute atomic E-state index is 0.0388. The molecule has 1 aromatic carbocycles. The van der Waals surface area contributed by atoms with Gasteiger partial charge in [0.25, 0.3) is 5.91 Å². The number of carbonyl (C=O) groups excluding carboxylic acids is 2. The smallest absolute Gasteiger partial charge is 0.345 e.